The minimum absolute atomic E-state index is 0.141. The molecule has 5 nitrogen and oxygen atoms in total. The van der Waals surface area contributed by atoms with Crippen molar-refractivity contribution in [1.29, 1.82) is 0 Å². The van der Waals surface area contributed by atoms with Crippen LogP contribution in [0.1, 0.15) is 29.6 Å². The van der Waals surface area contributed by atoms with Crippen molar-refractivity contribution in [2.75, 3.05) is 11.9 Å². The van der Waals surface area contributed by atoms with Crippen LogP contribution in [0.3, 0.4) is 0 Å². The highest BCUT2D eigenvalue weighted by molar-refractivity contribution is 6.01. The fourth-order valence-electron chi connectivity index (χ4n) is 3.70. The number of rotatable bonds is 4. The fraction of sp³-hybridized carbons (Fsp3) is 0.208. The lowest BCUT2D eigenvalue weighted by atomic mass is 10.00. The van der Waals surface area contributed by atoms with Gasteiger partial charge in [-0.25, -0.2) is 0 Å². The summed E-state index contributed by atoms with van der Waals surface area (Å²) in [6.07, 6.45) is 5.69. The number of nitrogens with zero attached hydrogens (tertiary/aromatic N) is 2. The smallest absolute Gasteiger partial charge is 0.256 e. The number of benzene rings is 2. The van der Waals surface area contributed by atoms with Crippen molar-refractivity contribution in [2.45, 2.75) is 25.3 Å². The second kappa shape index (κ2) is 8.69. The molecular formula is C24H23N3O2. The van der Waals surface area contributed by atoms with Crippen LogP contribution in [0.5, 0.6) is 0 Å². The summed E-state index contributed by atoms with van der Waals surface area (Å²) >= 11 is 0. The van der Waals surface area contributed by atoms with Crippen LogP contribution in [0.15, 0.2) is 79.1 Å². The molecule has 0 saturated carbocycles. The Bertz CT molecular complexity index is 972. The number of piperidine rings is 1. The van der Waals surface area contributed by atoms with Gasteiger partial charge in [-0.05, 0) is 54.7 Å². The number of carbonyl (C=O) groups is 2. The van der Waals surface area contributed by atoms with E-state index in [0.717, 1.165) is 29.7 Å². The highest BCUT2D eigenvalue weighted by Gasteiger charge is 2.32. The van der Waals surface area contributed by atoms with Crippen molar-refractivity contribution in [1.82, 2.24) is 9.88 Å². The van der Waals surface area contributed by atoms with E-state index in [9.17, 15) is 9.59 Å². The molecule has 1 atom stereocenters. The third kappa shape index (κ3) is 4.35. The number of hydrogen-bond donors (Lipinski definition) is 1. The van der Waals surface area contributed by atoms with Gasteiger partial charge < -0.3 is 10.2 Å². The van der Waals surface area contributed by atoms with Gasteiger partial charge >= 0.3 is 0 Å². The van der Waals surface area contributed by atoms with Crippen molar-refractivity contribution < 1.29 is 9.59 Å². The fourth-order valence-corrected chi connectivity index (χ4v) is 3.70. The summed E-state index contributed by atoms with van der Waals surface area (Å²) in [5.74, 6) is -0.285. The summed E-state index contributed by atoms with van der Waals surface area (Å²) in [6, 6.07) is 20.9. The Balaban J connectivity index is 1.47. The van der Waals surface area contributed by atoms with Gasteiger partial charge in [0.2, 0.25) is 5.91 Å². The maximum Gasteiger partial charge on any atom is 0.256 e. The van der Waals surface area contributed by atoms with Crippen LogP contribution in [-0.2, 0) is 4.79 Å². The van der Waals surface area contributed by atoms with Crippen molar-refractivity contribution in [3.63, 3.8) is 0 Å². The van der Waals surface area contributed by atoms with Gasteiger partial charge in [-0.2, -0.15) is 0 Å². The molecule has 5 heteroatoms. The van der Waals surface area contributed by atoms with Gasteiger partial charge in [-0.1, -0.05) is 42.5 Å². The highest BCUT2D eigenvalue weighted by atomic mass is 16.2. The summed E-state index contributed by atoms with van der Waals surface area (Å²) in [4.78, 5) is 31.5. The van der Waals surface area contributed by atoms with E-state index in [2.05, 4.69) is 22.4 Å². The number of anilines is 1. The predicted octanol–water partition coefficient (Wildman–Crippen LogP) is 4.38. The largest absolute Gasteiger partial charge is 0.327 e. The molecule has 1 aliphatic rings. The molecule has 1 unspecified atom stereocenters. The molecular weight excluding hydrogens is 362 g/mol. The zero-order valence-corrected chi connectivity index (χ0v) is 16.1. The van der Waals surface area contributed by atoms with Gasteiger partial charge in [-0.3, -0.25) is 14.6 Å². The molecule has 1 saturated heterocycles. The van der Waals surface area contributed by atoms with Crippen molar-refractivity contribution >= 4 is 17.5 Å². The first-order valence-corrected chi connectivity index (χ1v) is 9.90. The van der Waals surface area contributed by atoms with Crippen LogP contribution in [-0.4, -0.2) is 34.3 Å². The lowest BCUT2D eigenvalue weighted by Gasteiger charge is -2.34. The monoisotopic (exact) mass is 385 g/mol. The van der Waals surface area contributed by atoms with E-state index in [1.54, 1.807) is 29.4 Å². The number of nitrogens with one attached hydrogen (secondary N) is 1. The second-order valence-corrected chi connectivity index (χ2v) is 7.18. The Morgan fingerprint density at radius 1 is 0.897 bits per heavy atom. The van der Waals surface area contributed by atoms with Gasteiger partial charge in [0.1, 0.15) is 6.04 Å². The Labute approximate surface area is 170 Å². The van der Waals surface area contributed by atoms with E-state index < -0.39 is 6.04 Å². The van der Waals surface area contributed by atoms with Gasteiger partial charge in [0, 0.05) is 24.6 Å². The molecule has 3 aromatic rings. The molecule has 4 rings (SSSR count). The average Bonchev–Trinajstić information content (AvgIpc) is 2.80. The molecule has 1 fully saturated rings. The Kier molecular flexibility index (Phi) is 5.66. The Hall–Kier alpha value is -3.47. The summed E-state index contributed by atoms with van der Waals surface area (Å²) in [7, 11) is 0. The lowest BCUT2D eigenvalue weighted by molar-refractivity contribution is -0.121. The molecule has 0 bridgehead atoms. The molecule has 0 radical (unpaired) electrons. The first-order valence-electron chi connectivity index (χ1n) is 9.90. The number of likely N-dealkylation sites (tertiary alicyclic amines) is 1. The topological polar surface area (TPSA) is 62.3 Å². The summed E-state index contributed by atoms with van der Waals surface area (Å²) < 4.78 is 0. The Morgan fingerprint density at radius 3 is 2.38 bits per heavy atom. The predicted molar refractivity (Wildman–Crippen MR) is 113 cm³/mol. The van der Waals surface area contributed by atoms with Gasteiger partial charge in [0.15, 0.2) is 0 Å². The quantitative estimate of drug-likeness (QED) is 0.725. The normalized spacial score (nSPS) is 16.3. The molecule has 0 spiro atoms. The van der Waals surface area contributed by atoms with Crippen LogP contribution in [0.2, 0.25) is 0 Å². The van der Waals surface area contributed by atoms with E-state index in [1.807, 2.05) is 42.5 Å². The van der Waals surface area contributed by atoms with E-state index in [0.29, 0.717) is 18.5 Å². The maximum absolute atomic E-state index is 12.9. The second-order valence-electron chi connectivity index (χ2n) is 7.18. The van der Waals surface area contributed by atoms with Crippen LogP contribution >= 0.6 is 0 Å². The first-order chi connectivity index (χ1) is 14.2. The molecule has 2 aromatic carbocycles. The van der Waals surface area contributed by atoms with E-state index >= 15 is 0 Å². The first kappa shape index (κ1) is 18.9. The number of aromatic nitrogens is 1. The van der Waals surface area contributed by atoms with E-state index in [-0.39, 0.29) is 11.8 Å². The lowest BCUT2D eigenvalue weighted by Crippen LogP contribution is -2.50. The van der Waals surface area contributed by atoms with Gasteiger partial charge in [0.25, 0.3) is 5.91 Å². The summed E-state index contributed by atoms with van der Waals surface area (Å²) in [6.45, 7) is 0.582. The van der Waals surface area contributed by atoms with Crippen LogP contribution in [0, 0.1) is 0 Å². The number of amides is 2. The molecule has 2 heterocycles. The SMILES string of the molecule is O=C(Nc1ccc(-c2ccccc2)cc1)C1CCCCN1C(=O)c1cccnc1. The average molecular weight is 385 g/mol. The minimum Gasteiger partial charge on any atom is -0.327 e. The van der Waals surface area contributed by atoms with E-state index in [1.165, 1.54) is 0 Å². The molecule has 146 valence electrons. The van der Waals surface area contributed by atoms with Gasteiger partial charge in [0.05, 0.1) is 5.56 Å². The summed E-state index contributed by atoms with van der Waals surface area (Å²) in [5, 5.41) is 2.98. The van der Waals surface area contributed by atoms with Crippen LogP contribution < -0.4 is 5.32 Å². The molecule has 29 heavy (non-hydrogen) atoms. The van der Waals surface area contributed by atoms with Crippen molar-refractivity contribution in [3.8, 4) is 11.1 Å². The number of carbonyl (C=O) groups excluding carboxylic acids is 2. The number of pyridine rings is 1. The van der Waals surface area contributed by atoms with Crippen molar-refractivity contribution in [3.05, 3.63) is 84.7 Å². The van der Waals surface area contributed by atoms with Crippen LogP contribution in [0.4, 0.5) is 5.69 Å². The molecule has 1 aliphatic heterocycles. The van der Waals surface area contributed by atoms with Crippen LogP contribution in [0.25, 0.3) is 11.1 Å². The number of hydrogen-bond acceptors (Lipinski definition) is 3. The van der Waals surface area contributed by atoms with Gasteiger partial charge in [-0.15, -0.1) is 0 Å². The zero-order valence-electron chi connectivity index (χ0n) is 16.1. The van der Waals surface area contributed by atoms with E-state index in [4.69, 9.17) is 0 Å². The zero-order chi connectivity index (χ0) is 20.1. The summed E-state index contributed by atoms with van der Waals surface area (Å²) in [5.41, 5.74) is 3.47. The van der Waals surface area contributed by atoms with Crippen molar-refractivity contribution in [2.24, 2.45) is 0 Å². The highest BCUT2D eigenvalue weighted by Crippen LogP contribution is 2.23. The molecule has 2 amide bonds. The molecule has 1 aromatic heterocycles. The Morgan fingerprint density at radius 2 is 1.66 bits per heavy atom. The molecule has 1 N–H and O–H groups in total. The third-order valence-corrected chi connectivity index (χ3v) is 5.23. The molecule has 0 aliphatic carbocycles. The minimum atomic E-state index is -0.467. The standard InChI is InChI=1S/C24H23N3O2/c28-23(26-21-13-11-19(12-14-21)18-7-2-1-3-8-18)22-10-4-5-16-27(22)24(29)20-9-6-15-25-17-20/h1-3,6-9,11-15,17,22H,4-5,10,16H2,(H,26,28). The third-order valence-electron chi connectivity index (χ3n) is 5.23. The maximum atomic E-state index is 12.9.